The van der Waals surface area contributed by atoms with Crippen LogP contribution in [0.15, 0.2) is 42.5 Å². The molecule has 2 aromatic carbocycles. The van der Waals surface area contributed by atoms with Gasteiger partial charge in [-0.15, -0.1) is 0 Å². The van der Waals surface area contributed by atoms with Crippen molar-refractivity contribution in [3.8, 4) is 11.1 Å². The zero-order valence-corrected chi connectivity index (χ0v) is 12.3. The van der Waals surface area contributed by atoms with Gasteiger partial charge in [0.25, 0.3) is 0 Å². The SMILES string of the molecule is CC(C)(C)c1ccccc1-c1cccc(Cl)c1Cl. The normalized spacial score (nSPS) is 11.6. The van der Waals surface area contributed by atoms with Gasteiger partial charge in [0.15, 0.2) is 0 Å². The summed E-state index contributed by atoms with van der Waals surface area (Å²) in [7, 11) is 0. The minimum Gasteiger partial charge on any atom is -0.0827 e. The molecule has 0 radical (unpaired) electrons. The Morgan fingerprint density at radius 2 is 1.39 bits per heavy atom. The van der Waals surface area contributed by atoms with Gasteiger partial charge in [-0.1, -0.05) is 80.4 Å². The lowest BCUT2D eigenvalue weighted by Crippen LogP contribution is -2.12. The van der Waals surface area contributed by atoms with Crippen molar-refractivity contribution in [2.24, 2.45) is 0 Å². The second-order valence-electron chi connectivity index (χ2n) is 5.40. The Hall–Kier alpha value is -0.980. The maximum Gasteiger partial charge on any atom is 0.0670 e. The highest BCUT2D eigenvalue weighted by molar-refractivity contribution is 6.43. The Bertz CT molecular complexity index is 566. The van der Waals surface area contributed by atoms with Gasteiger partial charge < -0.3 is 0 Å². The van der Waals surface area contributed by atoms with Gasteiger partial charge in [-0.25, -0.2) is 0 Å². The summed E-state index contributed by atoms with van der Waals surface area (Å²) < 4.78 is 0. The molecule has 0 saturated heterocycles. The highest BCUT2D eigenvalue weighted by Gasteiger charge is 2.19. The Labute approximate surface area is 119 Å². The van der Waals surface area contributed by atoms with Crippen LogP contribution in [-0.2, 0) is 5.41 Å². The number of hydrogen-bond donors (Lipinski definition) is 0. The summed E-state index contributed by atoms with van der Waals surface area (Å²) in [6.45, 7) is 6.60. The molecule has 0 aliphatic rings. The molecular weight excluding hydrogens is 263 g/mol. The summed E-state index contributed by atoms with van der Waals surface area (Å²) in [4.78, 5) is 0. The first-order valence-corrected chi connectivity index (χ1v) is 6.71. The lowest BCUT2D eigenvalue weighted by Gasteiger charge is -2.23. The third-order valence-electron chi connectivity index (χ3n) is 2.98. The molecule has 0 bridgehead atoms. The first-order valence-electron chi connectivity index (χ1n) is 5.95. The van der Waals surface area contributed by atoms with Gasteiger partial charge in [-0.2, -0.15) is 0 Å². The summed E-state index contributed by atoms with van der Waals surface area (Å²) in [5.74, 6) is 0. The molecule has 0 unspecified atom stereocenters. The van der Waals surface area contributed by atoms with Gasteiger partial charge in [0, 0.05) is 5.56 Å². The van der Waals surface area contributed by atoms with E-state index in [0.717, 1.165) is 11.1 Å². The average Bonchev–Trinajstić information content (AvgIpc) is 2.32. The fraction of sp³-hybridized carbons (Fsp3) is 0.250. The van der Waals surface area contributed by atoms with Crippen LogP contribution >= 0.6 is 23.2 Å². The van der Waals surface area contributed by atoms with E-state index in [1.165, 1.54) is 5.56 Å². The Balaban J connectivity index is 2.69. The Morgan fingerprint density at radius 1 is 0.778 bits per heavy atom. The van der Waals surface area contributed by atoms with E-state index in [1.807, 2.05) is 24.3 Å². The van der Waals surface area contributed by atoms with Crippen LogP contribution in [0.1, 0.15) is 26.3 Å². The molecule has 0 fully saturated rings. The molecule has 2 heteroatoms. The van der Waals surface area contributed by atoms with Crippen molar-refractivity contribution in [1.82, 2.24) is 0 Å². The molecule has 0 spiro atoms. The predicted octanol–water partition coefficient (Wildman–Crippen LogP) is 5.96. The van der Waals surface area contributed by atoms with Gasteiger partial charge >= 0.3 is 0 Å². The van der Waals surface area contributed by atoms with Crippen LogP contribution in [-0.4, -0.2) is 0 Å². The predicted molar refractivity (Wildman–Crippen MR) is 80.6 cm³/mol. The van der Waals surface area contributed by atoms with Crippen molar-refractivity contribution in [2.75, 3.05) is 0 Å². The van der Waals surface area contributed by atoms with Crippen molar-refractivity contribution in [2.45, 2.75) is 26.2 Å². The van der Waals surface area contributed by atoms with Crippen molar-refractivity contribution in [3.63, 3.8) is 0 Å². The largest absolute Gasteiger partial charge is 0.0827 e. The van der Waals surface area contributed by atoms with Crippen LogP contribution in [0.3, 0.4) is 0 Å². The second kappa shape index (κ2) is 4.95. The molecule has 0 aliphatic carbocycles. The number of hydrogen-bond acceptors (Lipinski definition) is 0. The van der Waals surface area contributed by atoms with Crippen LogP contribution in [0.25, 0.3) is 11.1 Å². The molecule has 0 heterocycles. The summed E-state index contributed by atoms with van der Waals surface area (Å²) in [5, 5.41) is 1.22. The lowest BCUT2D eigenvalue weighted by molar-refractivity contribution is 0.592. The van der Waals surface area contributed by atoms with E-state index in [4.69, 9.17) is 23.2 Å². The topological polar surface area (TPSA) is 0 Å². The molecule has 0 aliphatic heterocycles. The highest BCUT2D eigenvalue weighted by Crippen LogP contribution is 2.38. The van der Waals surface area contributed by atoms with Crippen LogP contribution in [0.5, 0.6) is 0 Å². The quantitative estimate of drug-likeness (QED) is 0.604. The van der Waals surface area contributed by atoms with Gasteiger partial charge in [-0.3, -0.25) is 0 Å². The van der Waals surface area contributed by atoms with Crippen molar-refractivity contribution in [1.29, 1.82) is 0 Å². The molecule has 94 valence electrons. The minimum atomic E-state index is 0.0717. The van der Waals surface area contributed by atoms with E-state index in [0.29, 0.717) is 10.0 Å². The van der Waals surface area contributed by atoms with Crippen LogP contribution in [0, 0.1) is 0 Å². The van der Waals surface area contributed by atoms with E-state index in [9.17, 15) is 0 Å². The number of benzene rings is 2. The first-order chi connectivity index (χ1) is 8.41. The van der Waals surface area contributed by atoms with Crippen LogP contribution < -0.4 is 0 Å². The number of halogens is 2. The highest BCUT2D eigenvalue weighted by atomic mass is 35.5. The van der Waals surface area contributed by atoms with Gasteiger partial charge in [0.05, 0.1) is 10.0 Å². The van der Waals surface area contributed by atoms with Crippen molar-refractivity contribution < 1.29 is 0 Å². The smallest absolute Gasteiger partial charge is 0.0670 e. The molecule has 2 rings (SSSR count). The Kier molecular flexibility index (Phi) is 3.70. The average molecular weight is 279 g/mol. The number of rotatable bonds is 1. The van der Waals surface area contributed by atoms with Gasteiger partial charge in [0.2, 0.25) is 0 Å². The first kappa shape index (κ1) is 13.5. The molecule has 0 N–H and O–H groups in total. The van der Waals surface area contributed by atoms with Crippen molar-refractivity contribution in [3.05, 3.63) is 58.1 Å². The molecule has 0 atom stereocenters. The fourth-order valence-corrected chi connectivity index (χ4v) is 2.49. The molecule has 0 amide bonds. The second-order valence-corrected chi connectivity index (χ2v) is 6.18. The maximum absolute atomic E-state index is 6.32. The molecular formula is C16H16Cl2. The van der Waals surface area contributed by atoms with Crippen LogP contribution in [0.2, 0.25) is 10.0 Å². The third-order valence-corrected chi connectivity index (χ3v) is 3.80. The monoisotopic (exact) mass is 278 g/mol. The maximum atomic E-state index is 6.32. The Morgan fingerprint density at radius 3 is 2.06 bits per heavy atom. The van der Waals surface area contributed by atoms with E-state index >= 15 is 0 Å². The third kappa shape index (κ3) is 2.55. The zero-order valence-electron chi connectivity index (χ0n) is 10.8. The standard InChI is InChI=1S/C16H16Cl2/c1-16(2,3)13-9-5-4-7-11(13)12-8-6-10-14(17)15(12)18/h4-10H,1-3H3. The van der Waals surface area contributed by atoms with Gasteiger partial charge in [-0.05, 0) is 22.6 Å². The van der Waals surface area contributed by atoms with Gasteiger partial charge in [0.1, 0.15) is 0 Å². The zero-order chi connectivity index (χ0) is 13.3. The van der Waals surface area contributed by atoms with E-state index in [-0.39, 0.29) is 5.41 Å². The minimum absolute atomic E-state index is 0.0717. The van der Waals surface area contributed by atoms with E-state index in [1.54, 1.807) is 0 Å². The molecule has 0 saturated carbocycles. The molecule has 0 nitrogen and oxygen atoms in total. The summed E-state index contributed by atoms with van der Waals surface area (Å²) >= 11 is 12.4. The fourth-order valence-electron chi connectivity index (χ4n) is 2.08. The summed E-state index contributed by atoms with van der Waals surface area (Å²) in [6, 6.07) is 14.1. The molecule has 2 aromatic rings. The van der Waals surface area contributed by atoms with E-state index in [2.05, 4.69) is 39.0 Å². The molecule has 0 aromatic heterocycles. The van der Waals surface area contributed by atoms with Crippen LogP contribution in [0.4, 0.5) is 0 Å². The summed E-state index contributed by atoms with van der Waals surface area (Å²) in [5.41, 5.74) is 3.49. The summed E-state index contributed by atoms with van der Waals surface area (Å²) in [6.07, 6.45) is 0. The van der Waals surface area contributed by atoms with E-state index < -0.39 is 0 Å². The van der Waals surface area contributed by atoms with Crippen molar-refractivity contribution >= 4 is 23.2 Å². The lowest BCUT2D eigenvalue weighted by atomic mass is 9.82. The molecule has 18 heavy (non-hydrogen) atoms.